The van der Waals surface area contributed by atoms with Crippen LogP contribution in [0.4, 0.5) is 0 Å². The van der Waals surface area contributed by atoms with E-state index >= 15 is 0 Å². The van der Waals surface area contributed by atoms with E-state index in [2.05, 4.69) is 0 Å². The number of rotatable bonds is 6. The SMILES string of the molecule is NC[C@H]1O[C@H](O[C@H]2[C@H](O)[C@@H](O[C@@H]3O[C@H](CO)[C@@H](O)[C@H](O)[C@H]3O)[C@H](N)C[C@@H]2N)CC[C@@H]1N. The average molecular weight is 453 g/mol. The smallest absolute Gasteiger partial charge is 0.187 e. The van der Waals surface area contributed by atoms with E-state index in [1.165, 1.54) is 0 Å². The van der Waals surface area contributed by atoms with Crippen molar-refractivity contribution in [3.8, 4) is 0 Å². The zero-order valence-electron chi connectivity index (χ0n) is 17.2. The lowest BCUT2D eigenvalue weighted by atomic mass is 9.84. The van der Waals surface area contributed by atoms with Gasteiger partial charge in [0.1, 0.15) is 42.7 Å². The van der Waals surface area contributed by atoms with E-state index < -0.39 is 74.0 Å². The van der Waals surface area contributed by atoms with Crippen LogP contribution in [0.15, 0.2) is 0 Å². The minimum absolute atomic E-state index is 0.203. The molecule has 13 nitrogen and oxygen atoms in total. The van der Waals surface area contributed by atoms with Gasteiger partial charge in [-0.15, -0.1) is 0 Å². The van der Waals surface area contributed by atoms with Crippen molar-refractivity contribution in [3.63, 3.8) is 0 Å². The molecular formula is C18H36N4O9. The molecule has 2 saturated heterocycles. The van der Waals surface area contributed by atoms with Crippen LogP contribution in [0.5, 0.6) is 0 Å². The second-order valence-corrected chi connectivity index (χ2v) is 8.53. The summed E-state index contributed by atoms with van der Waals surface area (Å²) in [6.45, 7) is -0.377. The Hall–Kier alpha value is -0.520. The lowest BCUT2D eigenvalue weighted by Crippen LogP contribution is -2.66. The Morgan fingerprint density at radius 2 is 1.39 bits per heavy atom. The summed E-state index contributed by atoms with van der Waals surface area (Å²) < 4.78 is 22.8. The van der Waals surface area contributed by atoms with Crippen molar-refractivity contribution in [1.29, 1.82) is 0 Å². The number of aliphatic hydroxyl groups excluding tert-OH is 5. The van der Waals surface area contributed by atoms with Gasteiger partial charge in [-0.05, 0) is 19.3 Å². The Morgan fingerprint density at radius 3 is 2.00 bits per heavy atom. The first-order valence-electron chi connectivity index (χ1n) is 10.6. The molecule has 0 aromatic heterocycles. The fourth-order valence-corrected chi connectivity index (χ4v) is 4.36. The highest BCUT2D eigenvalue weighted by Crippen LogP contribution is 2.30. The van der Waals surface area contributed by atoms with Gasteiger partial charge in [0.25, 0.3) is 0 Å². The molecule has 2 aliphatic heterocycles. The van der Waals surface area contributed by atoms with E-state index in [1.807, 2.05) is 0 Å². The molecule has 13 atom stereocenters. The van der Waals surface area contributed by atoms with Gasteiger partial charge >= 0.3 is 0 Å². The van der Waals surface area contributed by atoms with Gasteiger partial charge in [-0.25, -0.2) is 0 Å². The zero-order valence-corrected chi connectivity index (χ0v) is 17.2. The Balaban J connectivity index is 1.67. The van der Waals surface area contributed by atoms with E-state index in [4.69, 9.17) is 41.9 Å². The normalized spacial score (nSPS) is 51.6. The molecule has 13 heteroatoms. The zero-order chi connectivity index (χ0) is 22.9. The molecule has 0 amide bonds. The summed E-state index contributed by atoms with van der Waals surface area (Å²) in [5.74, 6) is 0. The van der Waals surface area contributed by atoms with Crippen molar-refractivity contribution in [2.75, 3.05) is 13.2 Å². The monoisotopic (exact) mass is 452 g/mol. The first-order chi connectivity index (χ1) is 14.7. The molecule has 0 radical (unpaired) electrons. The van der Waals surface area contributed by atoms with Crippen molar-refractivity contribution < 1.29 is 44.5 Å². The van der Waals surface area contributed by atoms with Crippen LogP contribution in [0, 0.1) is 0 Å². The molecule has 2 heterocycles. The van der Waals surface area contributed by atoms with Gasteiger partial charge in [0.05, 0.1) is 12.7 Å². The van der Waals surface area contributed by atoms with Crippen LogP contribution in [0.1, 0.15) is 19.3 Å². The second kappa shape index (κ2) is 10.6. The molecule has 0 unspecified atom stereocenters. The Labute approximate surface area is 180 Å². The summed E-state index contributed by atoms with van der Waals surface area (Å²) in [6.07, 6.45) is -10.3. The summed E-state index contributed by atoms with van der Waals surface area (Å²) in [5, 5.41) is 50.4. The lowest BCUT2D eigenvalue weighted by Gasteiger charge is -2.47. The van der Waals surface area contributed by atoms with E-state index in [0.717, 1.165) is 0 Å². The third-order valence-corrected chi connectivity index (χ3v) is 6.28. The molecule has 0 aromatic carbocycles. The maximum atomic E-state index is 10.9. The molecule has 3 fully saturated rings. The summed E-state index contributed by atoms with van der Waals surface area (Å²) in [4.78, 5) is 0. The molecule has 3 rings (SSSR count). The first-order valence-corrected chi connectivity index (χ1v) is 10.6. The van der Waals surface area contributed by atoms with Crippen LogP contribution in [0.2, 0.25) is 0 Å². The molecule has 31 heavy (non-hydrogen) atoms. The first kappa shape index (κ1) is 25.1. The third-order valence-electron chi connectivity index (χ3n) is 6.28. The Morgan fingerprint density at radius 1 is 0.742 bits per heavy atom. The van der Waals surface area contributed by atoms with Gasteiger partial charge in [-0.2, -0.15) is 0 Å². The lowest BCUT2D eigenvalue weighted by molar-refractivity contribution is -0.328. The highest BCUT2D eigenvalue weighted by molar-refractivity contribution is 5.00. The number of nitrogens with two attached hydrogens (primary N) is 4. The minimum Gasteiger partial charge on any atom is -0.394 e. The molecule has 0 aromatic rings. The van der Waals surface area contributed by atoms with Crippen molar-refractivity contribution in [2.45, 2.75) is 98.8 Å². The summed E-state index contributed by atoms with van der Waals surface area (Å²) in [6, 6.07) is -1.55. The summed E-state index contributed by atoms with van der Waals surface area (Å²) in [5.41, 5.74) is 23.9. The topological polar surface area (TPSA) is 242 Å². The number of aliphatic hydroxyl groups is 5. The van der Waals surface area contributed by atoms with Gasteiger partial charge < -0.3 is 67.4 Å². The van der Waals surface area contributed by atoms with Crippen LogP contribution in [0.25, 0.3) is 0 Å². The third kappa shape index (κ3) is 5.35. The number of ether oxygens (including phenoxy) is 4. The Kier molecular flexibility index (Phi) is 8.59. The fraction of sp³-hybridized carbons (Fsp3) is 1.00. The molecule has 1 saturated carbocycles. The maximum Gasteiger partial charge on any atom is 0.187 e. The van der Waals surface area contributed by atoms with Crippen LogP contribution >= 0.6 is 0 Å². The van der Waals surface area contributed by atoms with Crippen LogP contribution in [-0.2, 0) is 18.9 Å². The number of hydrogen-bond acceptors (Lipinski definition) is 13. The second-order valence-electron chi connectivity index (χ2n) is 8.53. The highest BCUT2D eigenvalue weighted by atomic mass is 16.7. The van der Waals surface area contributed by atoms with E-state index in [1.54, 1.807) is 0 Å². The van der Waals surface area contributed by atoms with Gasteiger partial charge in [-0.3, -0.25) is 0 Å². The summed E-state index contributed by atoms with van der Waals surface area (Å²) in [7, 11) is 0. The molecular weight excluding hydrogens is 416 g/mol. The van der Waals surface area contributed by atoms with Crippen molar-refractivity contribution >= 4 is 0 Å². The van der Waals surface area contributed by atoms with Gasteiger partial charge in [0.2, 0.25) is 0 Å². The molecule has 0 spiro atoms. The van der Waals surface area contributed by atoms with Crippen molar-refractivity contribution in [3.05, 3.63) is 0 Å². The van der Waals surface area contributed by atoms with E-state index in [0.29, 0.717) is 12.8 Å². The number of hydrogen-bond donors (Lipinski definition) is 9. The average Bonchev–Trinajstić information content (AvgIpc) is 2.75. The molecule has 3 aliphatic rings. The molecule has 182 valence electrons. The van der Waals surface area contributed by atoms with E-state index in [-0.39, 0.29) is 25.1 Å². The van der Waals surface area contributed by atoms with Crippen LogP contribution < -0.4 is 22.9 Å². The summed E-state index contributed by atoms with van der Waals surface area (Å²) >= 11 is 0. The standard InChI is InChI=1S/C18H36N4O9/c19-4-9-6(20)1-2-11(28-9)30-16-7(21)3-8(22)17(15(16)27)31-18-14(26)13(25)12(24)10(5-23)29-18/h6-18,23-27H,1-5,19-22H2/t6-,7-,8+,9+,10+,11+,12+,13-,14+,15-,16+,17-,18-/m0/s1. The van der Waals surface area contributed by atoms with Gasteiger partial charge in [0.15, 0.2) is 12.6 Å². The molecule has 0 bridgehead atoms. The quantitative estimate of drug-likeness (QED) is 0.183. The van der Waals surface area contributed by atoms with Crippen LogP contribution in [-0.4, -0.2) is 118 Å². The molecule has 13 N–H and O–H groups in total. The fourth-order valence-electron chi connectivity index (χ4n) is 4.36. The van der Waals surface area contributed by atoms with Gasteiger partial charge in [-0.1, -0.05) is 0 Å². The largest absolute Gasteiger partial charge is 0.394 e. The van der Waals surface area contributed by atoms with Gasteiger partial charge in [0, 0.05) is 24.7 Å². The maximum absolute atomic E-state index is 10.9. The predicted molar refractivity (Wildman–Crippen MR) is 105 cm³/mol. The van der Waals surface area contributed by atoms with Crippen molar-refractivity contribution in [2.24, 2.45) is 22.9 Å². The Bertz CT molecular complexity index is 576. The van der Waals surface area contributed by atoms with Crippen molar-refractivity contribution in [1.82, 2.24) is 0 Å². The predicted octanol–water partition coefficient (Wildman–Crippen LogP) is -5.23. The van der Waals surface area contributed by atoms with Crippen LogP contribution in [0.3, 0.4) is 0 Å². The highest BCUT2D eigenvalue weighted by Gasteiger charge is 2.50. The molecule has 1 aliphatic carbocycles. The minimum atomic E-state index is -1.62. The van der Waals surface area contributed by atoms with E-state index in [9.17, 15) is 25.5 Å².